The van der Waals surface area contributed by atoms with Crippen LogP contribution in [0.3, 0.4) is 0 Å². The lowest BCUT2D eigenvalue weighted by Crippen LogP contribution is -2.36. The highest BCUT2D eigenvalue weighted by Crippen LogP contribution is 2.09. The van der Waals surface area contributed by atoms with Crippen LogP contribution in [0.5, 0.6) is 0 Å². The largest absolute Gasteiger partial charge is 0.417 e. The highest BCUT2D eigenvalue weighted by molar-refractivity contribution is 5.83. The zero-order valence-electron chi connectivity index (χ0n) is 7.21. The van der Waals surface area contributed by atoms with Gasteiger partial charge in [0.15, 0.2) is 0 Å². The van der Waals surface area contributed by atoms with E-state index in [1.807, 2.05) is 0 Å². The van der Waals surface area contributed by atoms with Crippen molar-refractivity contribution in [2.75, 3.05) is 13.1 Å². The van der Waals surface area contributed by atoms with Gasteiger partial charge in [-0.05, 0) is 19.3 Å². The summed E-state index contributed by atoms with van der Waals surface area (Å²) in [5.41, 5.74) is 0. The smallest absolute Gasteiger partial charge is 0.376 e. The fourth-order valence-corrected chi connectivity index (χ4v) is 1.26. The number of hydrogen-bond acceptors (Lipinski definition) is 3. The van der Waals surface area contributed by atoms with E-state index in [-0.39, 0.29) is 0 Å². The number of carbonyl (C=O) groups is 2. The summed E-state index contributed by atoms with van der Waals surface area (Å²) in [5, 5.41) is 0. The van der Waals surface area contributed by atoms with Gasteiger partial charge < -0.3 is 9.64 Å². The molecule has 0 unspecified atom stereocenters. The molecule has 1 rings (SSSR count). The number of amides is 1. The van der Waals surface area contributed by atoms with Crippen LogP contribution in [0.4, 0.5) is 4.79 Å². The first-order valence-electron chi connectivity index (χ1n) is 4.17. The Balaban J connectivity index is 2.34. The molecule has 0 aliphatic carbocycles. The number of likely N-dealkylation sites (tertiary alicyclic amines) is 1. The van der Waals surface area contributed by atoms with Crippen molar-refractivity contribution in [3.8, 4) is 0 Å². The second kappa shape index (κ2) is 4.09. The Kier molecular flexibility index (Phi) is 3.08. The molecule has 1 amide bonds. The third-order valence-corrected chi connectivity index (χ3v) is 1.85. The summed E-state index contributed by atoms with van der Waals surface area (Å²) in [6, 6.07) is 0. The number of esters is 1. The SMILES string of the molecule is CC(=O)OC(=O)N1CCCCC1. The predicted octanol–water partition coefficient (Wildman–Crippen LogP) is 1.16. The van der Waals surface area contributed by atoms with Crippen LogP contribution >= 0.6 is 0 Å². The number of hydrogen-bond donors (Lipinski definition) is 0. The van der Waals surface area contributed by atoms with Crippen LogP contribution in [-0.2, 0) is 9.53 Å². The van der Waals surface area contributed by atoms with Gasteiger partial charge in [-0.3, -0.25) is 4.79 Å². The van der Waals surface area contributed by atoms with E-state index in [1.54, 1.807) is 4.90 Å². The normalized spacial score (nSPS) is 17.2. The van der Waals surface area contributed by atoms with Gasteiger partial charge in [-0.15, -0.1) is 0 Å². The van der Waals surface area contributed by atoms with Gasteiger partial charge in [0.05, 0.1) is 0 Å². The van der Waals surface area contributed by atoms with Gasteiger partial charge in [-0.2, -0.15) is 0 Å². The topological polar surface area (TPSA) is 46.6 Å². The van der Waals surface area contributed by atoms with E-state index in [9.17, 15) is 9.59 Å². The molecule has 0 spiro atoms. The van der Waals surface area contributed by atoms with Crippen molar-refractivity contribution >= 4 is 12.1 Å². The van der Waals surface area contributed by atoms with Gasteiger partial charge in [0.1, 0.15) is 0 Å². The maximum Gasteiger partial charge on any atom is 0.417 e. The second-order valence-corrected chi connectivity index (χ2v) is 2.91. The zero-order chi connectivity index (χ0) is 8.97. The highest BCUT2D eigenvalue weighted by atomic mass is 16.6. The molecule has 0 aromatic rings. The maximum absolute atomic E-state index is 11.1. The monoisotopic (exact) mass is 171 g/mol. The molecule has 0 aromatic carbocycles. The molecule has 0 atom stereocenters. The van der Waals surface area contributed by atoms with E-state index in [0.717, 1.165) is 19.3 Å². The minimum absolute atomic E-state index is 0.498. The molecule has 0 radical (unpaired) electrons. The van der Waals surface area contributed by atoms with Crippen LogP contribution in [0.2, 0.25) is 0 Å². The van der Waals surface area contributed by atoms with Gasteiger partial charge in [0.2, 0.25) is 0 Å². The van der Waals surface area contributed by atoms with Crippen molar-refractivity contribution in [3.63, 3.8) is 0 Å². The van der Waals surface area contributed by atoms with Crippen molar-refractivity contribution in [2.24, 2.45) is 0 Å². The molecular weight excluding hydrogens is 158 g/mol. The summed E-state index contributed by atoms with van der Waals surface area (Å²) in [6.45, 7) is 2.67. The molecular formula is C8H13NO3. The van der Waals surface area contributed by atoms with E-state index in [1.165, 1.54) is 6.92 Å². The maximum atomic E-state index is 11.1. The fourth-order valence-electron chi connectivity index (χ4n) is 1.26. The summed E-state index contributed by atoms with van der Waals surface area (Å²) in [7, 11) is 0. The van der Waals surface area contributed by atoms with Gasteiger partial charge in [0.25, 0.3) is 0 Å². The lowest BCUT2D eigenvalue weighted by Gasteiger charge is -2.24. The van der Waals surface area contributed by atoms with Crippen molar-refractivity contribution in [3.05, 3.63) is 0 Å². The molecule has 1 saturated heterocycles. The molecule has 0 aromatic heterocycles. The number of ether oxygens (including phenoxy) is 1. The highest BCUT2D eigenvalue weighted by Gasteiger charge is 2.18. The lowest BCUT2D eigenvalue weighted by molar-refractivity contribution is -0.135. The molecule has 1 aliphatic heterocycles. The predicted molar refractivity (Wildman–Crippen MR) is 42.6 cm³/mol. The number of carbonyl (C=O) groups excluding carboxylic acids is 2. The average Bonchev–Trinajstić information content (AvgIpc) is 2.05. The lowest BCUT2D eigenvalue weighted by atomic mass is 10.1. The molecule has 0 saturated carbocycles. The van der Waals surface area contributed by atoms with Crippen LogP contribution < -0.4 is 0 Å². The summed E-state index contributed by atoms with van der Waals surface area (Å²) in [5.74, 6) is -0.537. The number of piperidine rings is 1. The Labute approximate surface area is 71.5 Å². The first-order valence-corrected chi connectivity index (χ1v) is 4.17. The van der Waals surface area contributed by atoms with E-state index >= 15 is 0 Å². The van der Waals surface area contributed by atoms with Crippen LogP contribution in [0.1, 0.15) is 26.2 Å². The first-order chi connectivity index (χ1) is 5.70. The molecule has 68 valence electrons. The van der Waals surface area contributed by atoms with Crippen LogP contribution in [-0.4, -0.2) is 30.1 Å². The Morgan fingerprint density at radius 3 is 2.25 bits per heavy atom. The molecule has 0 N–H and O–H groups in total. The minimum atomic E-state index is -0.537. The zero-order valence-corrected chi connectivity index (χ0v) is 7.21. The van der Waals surface area contributed by atoms with Gasteiger partial charge in [-0.25, -0.2) is 4.79 Å². The molecule has 4 nitrogen and oxygen atoms in total. The standard InChI is InChI=1S/C8H13NO3/c1-7(10)12-8(11)9-5-3-2-4-6-9/h2-6H2,1H3. The molecule has 4 heteroatoms. The third kappa shape index (κ3) is 2.53. The van der Waals surface area contributed by atoms with Gasteiger partial charge in [0, 0.05) is 20.0 Å². The van der Waals surface area contributed by atoms with Crippen molar-refractivity contribution in [2.45, 2.75) is 26.2 Å². The Hall–Kier alpha value is -1.06. The number of rotatable bonds is 0. The minimum Gasteiger partial charge on any atom is -0.376 e. The third-order valence-electron chi connectivity index (χ3n) is 1.85. The average molecular weight is 171 g/mol. The summed E-state index contributed by atoms with van der Waals surface area (Å²) < 4.78 is 4.44. The molecule has 1 aliphatic rings. The molecule has 0 bridgehead atoms. The Morgan fingerprint density at radius 1 is 1.17 bits per heavy atom. The second-order valence-electron chi connectivity index (χ2n) is 2.91. The van der Waals surface area contributed by atoms with Crippen LogP contribution in [0, 0.1) is 0 Å². The summed E-state index contributed by atoms with van der Waals surface area (Å²) in [4.78, 5) is 23.1. The van der Waals surface area contributed by atoms with E-state index < -0.39 is 12.1 Å². The Morgan fingerprint density at radius 2 is 1.75 bits per heavy atom. The van der Waals surface area contributed by atoms with Crippen LogP contribution in [0.25, 0.3) is 0 Å². The number of nitrogens with zero attached hydrogens (tertiary/aromatic N) is 1. The van der Waals surface area contributed by atoms with Crippen molar-refractivity contribution in [1.82, 2.24) is 4.90 Å². The van der Waals surface area contributed by atoms with Gasteiger partial charge >= 0.3 is 12.1 Å². The van der Waals surface area contributed by atoms with E-state index in [4.69, 9.17) is 0 Å². The quantitative estimate of drug-likeness (QED) is 0.406. The van der Waals surface area contributed by atoms with Crippen molar-refractivity contribution in [1.29, 1.82) is 0 Å². The van der Waals surface area contributed by atoms with E-state index in [2.05, 4.69) is 4.74 Å². The first kappa shape index (κ1) is 9.03. The van der Waals surface area contributed by atoms with E-state index in [0.29, 0.717) is 13.1 Å². The molecule has 12 heavy (non-hydrogen) atoms. The van der Waals surface area contributed by atoms with Crippen molar-refractivity contribution < 1.29 is 14.3 Å². The van der Waals surface area contributed by atoms with Crippen LogP contribution in [0.15, 0.2) is 0 Å². The molecule has 1 fully saturated rings. The summed E-state index contributed by atoms with van der Waals surface area (Å²) >= 11 is 0. The van der Waals surface area contributed by atoms with Gasteiger partial charge in [-0.1, -0.05) is 0 Å². The Bertz CT molecular complexity index is 185. The molecule has 1 heterocycles. The fraction of sp³-hybridized carbons (Fsp3) is 0.750. The summed E-state index contributed by atoms with van der Waals surface area (Å²) in [6.07, 6.45) is 2.67.